The topological polar surface area (TPSA) is 52.0 Å². The lowest BCUT2D eigenvalue weighted by Gasteiger charge is -1.94. The normalized spacial score (nSPS) is 13.5. The molecule has 0 aliphatic carbocycles. The second-order valence-electron chi connectivity index (χ2n) is 2.93. The molecule has 0 aliphatic rings. The number of hydrogen-bond donors (Lipinski definition) is 1. The van der Waals surface area contributed by atoms with Gasteiger partial charge >= 0.3 is 0 Å². The van der Waals surface area contributed by atoms with E-state index in [9.17, 15) is 0 Å². The number of benzene rings is 1. The van der Waals surface area contributed by atoms with E-state index in [1.54, 1.807) is 0 Å². The fraction of sp³-hybridized carbons (Fsp3) is 0.222. The zero-order valence-corrected chi connectivity index (χ0v) is 8.71. The average molecular weight is 241 g/mol. The maximum absolute atomic E-state index is 5.66. The summed E-state index contributed by atoms with van der Waals surface area (Å²) in [5.41, 5.74) is 7.25. The van der Waals surface area contributed by atoms with E-state index in [4.69, 9.17) is 10.2 Å². The van der Waals surface area contributed by atoms with Crippen LogP contribution in [0.5, 0.6) is 0 Å². The number of fused-ring (bicyclic) bond motifs is 1. The summed E-state index contributed by atoms with van der Waals surface area (Å²) in [6.45, 7) is 1.85. The molecule has 1 heterocycles. The number of nitrogens with zero attached hydrogens (tertiary/aromatic N) is 1. The third-order valence-electron chi connectivity index (χ3n) is 1.77. The highest BCUT2D eigenvalue weighted by atomic mass is 79.9. The molecule has 3 nitrogen and oxygen atoms in total. The van der Waals surface area contributed by atoms with E-state index in [0.29, 0.717) is 5.89 Å². The Morgan fingerprint density at radius 2 is 2.31 bits per heavy atom. The van der Waals surface area contributed by atoms with Crippen LogP contribution in [-0.4, -0.2) is 4.98 Å². The van der Waals surface area contributed by atoms with Gasteiger partial charge in [0.1, 0.15) is 5.52 Å². The van der Waals surface area contributed by atoms with Crippen LogP contribution in [0.2, 0.25) is 0 Å². The minimum absolute atomic E-state index is 0.167. The van der Waals surface area contributed by atoms with Gasteiger partial charge in [-0.05, 0) is 35.0 Å². The van der Waals surface area contributed by atoms with Gasteiger partial charge in [0.2, 0.25) is 5.89 Å². The predicted molar refractivity (Wildman–Crippen MR) is 54.3 cm³/mol. The summed E-state index contributed by atoms with van der Waals surface area (Å²) >= 11 is 3.38. The van der Waals surface area contributed by atoms with Crippen molar-refractivity contribution in [1.29, 1.82) is 0 Å². The predicted octanol–water partition coefficient (Wildman–Crippen LogP) is 2.61. The summed E-state index contributed by atoms with van der Waals surface area (Å²) in [5, 5.41) is 0. The molecule has 4 heteroatoms. The van der Waals surface area contributed by atoms with E-state index in [1.807, 2.05) is 25.1 Å². The summed E-state index contributed by atoms with van der Waals surface area (Å²) in [4.78, 5) is 4.25. The second-order valence-corrected chi connectivity index (χ2v) is 3.78. The Hall–Kier alpha value is -0.870. The summed E-state index contributed by atoms with van der Waals surface area (Å²) in [5.74, 6) is 0.571. The number of nitrogens with two attached hydrogens (primary N) is 1. The van der Waals surface area contributed by atoms with Gasteiger partial charge in [-0.2, -0.15) is 0 Å². The fourth-order valence-electron chi connectivity index (χ4n) is 1.13. The molecular weight excluding hydrogens is 232 g/mol. The van der Waals surface area contributed by atoms with E-state index >= 15 is 0 Å². The first-order valence-electron chi connectivity index (χ1n) is 3.99. The van der Waals surface area contributed by atoms with Gasteiger partial charge < -0.3 is 10.2 Å². The standard InChI is InChI=1S/C9H9BrN2O/c1-5(11)9-12-7-4-2-3-6(10)8(7)13-9/h2-5H,11H2,1H3. The van der Waals surface area contributed by atoms with Gasteiger partial charge in [-0.25, -0.2) is 4.98 Å². The van der Waals surface area contributed by atoms with Crippen molar-refractivity contribution in [3.8, 4) is 0 Å². The molecule has 0 fully saturated rings. The van der Waals surface area contributed by atoms with Crippen LogP contribution in [0, 0.1) is 0 Å². The van der Waals surface area contributed by atoms with Crippen LogP contribution in [0.3, 0.4) is 0 Å². The largest absolute Gasteiger partial charge is 0.438 e. The van der Waals surface area contributed by atoms with Gasteiger partial charge in [0.25, 0.3) is 0 Å². The number of hydrogen-bond acceptors (Lipinski definition) is 3. The molecule has 1 atom stereocenters. The first-order valence-corrected chi connectivity index (χ1v) is 4.78. The Kier molecular flexibility index (Phi) is 2.09. The lowest BCUT2D eigenvalue weighted by molar-refractivity contribution is 0.492. The molecule has 2 N–H and O–H groups in total. The molecule has 0 saturated carbocycles. The van der Waals surface area contributed by atoms with Crippen molar-refractivity contribution >= 4 is 27.0 Å². The Labute approximate surface area is 84.1 Å². The van der Waals surface area contributed by atoms with Crippen molar-refractivity contribution in [2.75, 3.05) is 0 Å². The molecule has 0 saturated heterocycles. The molecule has 1 unspecified atom stereocenters. The van der Waals surface area contributed by atoms with Crippen LogP contribution in [0.25, 0.3) is 11.1 Å². The first kappa shape index (κ1) is 8.72. The second kappa shape index (κ2) is 3.12. The van der Waals surface area contributed by atoms with E-state index in [1.165, 1.54) is 0 Å². The molecule has 0 radical (unpaired) electrons. The highest BCUT2D eigenvalue weighted by molar-refractivity contribution is 9.10. The van der Waals surface area contributed by atoms with Crippen LogP contribution in [0.1, 0.15) is 18.9 Å². The van der Waals surface area contributed by atoms with Crippen molar-refractivity contribution in [3.05, 3.63) is 28.6 Å². The Morgan fingerprint density at radius 1 is 1.54 bits per heavy atom. The van der Waals surface area contributed by atoms with Crippen molar-refractivity contribution < 1.29 is 4.42 Å². The molecule has 2 aromatic rings. The van der Waals surface area contributed by atoms with Crippen molar-refractivity contribution in [2.45, 2.75) is 13.0 Å². The Morgan fingerprint density at radius 3 is 2.92 bits per heavy atom. The third kappa shape index (κ3) is 1.47. The molecule has 0 amide bonds. The quantitative estimate of drug-likeness (QED) is 0.834. The lowest BCUT2D eigenvalue weighted by Crippen LogP contribution is -2.04. The van der Waals surface area contributed by atoms with E-state index in [-0.39, 0.29) is 6.04 Å². The average Bonchev–Trinajstić information content (AvgIpc) is 2.49. The number of oxazole rings is 1. The highest BCUT2D eigenvalue weighted by Crippen LogP contribution is 2.25. The van der Waals surface area contributed by atoms with Gasteiger partial charge in [-0.3, -0.25) is 0 Å². The summed E-state index contributed by atoms with van der Waals surface area (Å²) in [6.07, 6.45) is 0. The van der Waals surface area contributed by atoms with Crippen LogP contribution in [0.4, 0.5) is 0 Å². The van der Waals surface area contributed by atoms with Crippen LogP contribution < -0.4 is 5.73 Å². The van der Waals surface area contributed by atoms with E-state index in [0.717, 1.165) is 15.6 Å². The lowest BCUT2D eigenvalue weighted by atomic mass is 10.3. The number of para-hydroxylation sites is 1. The van der Waals surface area contributed by atoms with Gasteiger partial charge in [-0.15, -0.1) is 0 Å². The van der Waals surface area contributed by atoms with E-state index in [2.05, 4.69) is 20.9 Å². The molecular formula is C9H9BrN2O. The zero-order valence-electron chi connectivity index (χ0n) is 7.12. The molecule has 1 aromatic carbocycles. The molecule has 0 aliphatic heterocycles. The first-order chi connectivity index (χ1) is 6.18. The third-order valence-corrected chi connectivity index (χ3v) is 2.40. The molecule has 0 spiro atoms. The molecule has 13 heavy (non-hydrogen) atoms. The smallest absolute Gasteiger partial charge is 0.212 e. The van der Waals surface area contributed by atoms with Crippen LogP contribution >= 0.6 is 15.9 Å². The van der Waals surface area contributed by atoms with Crippen molar-refractivity contribution in [3.63, 3.8) is 0 Å². The SMILES string of the molecule is CC(N)c1nc2cccc(Br)c2o1. The Balaban J connectivity index is 2.68. The number of aromatic nitrogens is 1. The maximum Gasteiger partial charge on any atom is 0.212 e. The summed E-state index contributed by atoms with van der Waals surface area (Å²) in [6, 6.07) is 5.56. The highest BCUT2D eigenvalue weighted by Gasteiger charge is 2.10. The molecule has 68 valence electrons. The zero-order chi connectivity index (χ0) is 9.42. The molecule has 0 bridgehead atoms. The fourth-order valence-corrected chi connectivity index (χ4v) is 1.56. The minimum atomic E-state index is -0.167. The number of rotatable bonds is 1. The van der Waals surface area contributed by atoms with Crippen LogP contribution in [-0.2, 0) is 0 Å². The molecule has 1 aromatic heterocycles. The maximum atomic E-state index is 5.66. The summed E-state index contributed by atoms with van der Waals surface area (Å²) < 4.78 is 6.38. The van der Waals surface area contributed by atoms with Gasteiger partial charge in [0.05, 0.1) is 10.5 Å². The van der Waals surface area contributed by atoms with Crippen molar-refractivity contribution in [1.82, 2.24) is 4.98 Å². The van der Waals surface area contributed by atoms with Gasteiger partial charge in [-0.1, -0.05) is 6.07 Å². The summed E-state index contributed by atoms with van der Waals surface area (Å²) in [7, 11) is 0. The van der Waals surface area contributed by atoms with Gasteiger partial charge in [0.15, 0.2) is 5.58 Å². The monoisotopic (exact) mass is 240 g/mol. The van der Waals surface area contributed by atoms with Crippen molar-refractivity contribution in [2.24, 2.45) is 5.73 Å². The number of halogens is 1. The Bertz CT molecular complexity index is 436. The molecule has 2 rings (SSSR count). The van der Waals surface area contributed by atoms with Gasteiger partial charge in [0, 0.05) is 0 Å². The van der Waals surface area contributed by atoms with E-state index < -0.39 is 0 Å². The van der Waals surface area contributed by atoms with Crippen LogP contribution in [0.15, 0.2) is 27.1 Å². The minimum Gasteiger partial charge on any atom is -0.438 e.